The number of fused-ring (bicyclic) bond motifs is 1. The highest BCUT2D eigenvalue weighted by Crippen LogP contribution is 2.49. The van der Waals surface area contributed by atoms with E-state index in [-0.39, 0.29) is 17.3 Å². The van der Waals surface area contributed by atoms with Gasteiger partial charge in [0, 0.05) is 19.1 Å². The van der Waals surface area contributed by atoms with Gasteiger partial charge < -0.3 is 10.1 Å². The molecule has 0 bridgehead atoms. The fourth-order valence-electron chi connectivity index (χ4n) is 3.75. The molecule has 3 aliphatic rings. The zero-order chi connectivity index (χ0) is 13.5. The van der Waals surface area contributed by atoms with Crippen LogP contribution in [0.5, 0.6) is 0 Å². The molecule has 0 aromatic rings. The standard InChI is InChI=1S/C14H22N2O3/c1-19-13(18)14-6-2-3-10(14)7-16(9-14)8-12(17)15-11-4-5-11/h10-11H,2-9H2,1H3,(H,15,17). The summed E-state index contributed by atoms with van der Waals surface area (Å²) in [6.45, 7) is 1.96. The molecule has 2 atom stereocenters. The quantitative estimate of drug-likeness (QED) is 0.755. The molecule has 0 aromatic carbocycles. The van der Waals surface area contributed by atoms with Crippen LogP contribution in [0.2, 0.25) is 0 Å². The van der Waals surface area contributed by atoms with Gasteiger partial charge in [0.05, 0.1) is 19.1 Å². The molecule has 1 N–H and O–H groups in total. The molecule has 0 radical (unpaired) electrons. The van der Waals surface area contributed by atoms with E-state index in [1.807, 2.05) is 0 Å². The molecule has 1 amide bonds. The largest absolute Gasteiger partial charge is 0.469 e. The summed E-state index contributed by atoms with van der Waals surface area (Å²) in [6, 6.07) is 0.407. The van der Waals surface area contributed by atoms with Crippen LogP contribution < -0.4 is 5.32 Å². The third-order valence-electron chi connectivity index (χ3n) is 4.84. The van der Waals surface area contributed by atoms with Crippen LogP contribution in [0.1, 0.15) is 32.1 Å². The lowest BCUT2D eigenvalue weighted by atomic mass is 9.81. The van der Waals surface area contributed by atoms with E-state index in [1.165, 1.54) is 7.11 Å². The molecule has 5 nitrogen and oxygen atoms in total. The van der Waals surface area contributed by atoms with E-state index >= 15 is 0 Å². The van der Waals surface area contributed by atoms with Gasteiger partial charge in [0.25, 0.3) is 0 Å². The summed E-state index contributed by atoms with van der Waals surface area (Å²) in [5.41, 5.74) is -0.339. The molecule has 1 aliphatic heterocycles. The molecule has 1 heterocycles. The molecule has 1 saturated heterocycles. The Balaban J connectivity index is 1.61. The average Bonchev–Trinajstić information content (AvgIpc) is 2.97. The van der Waals surface area contributed by atoms with Gasteiger partial charge >= 0.3 is 5.97 Å². The minimum absolute atomic E-state index is 0.0832. The van der Waals surface area contributed by atoms with Crippen LogP contribution >= 0.6 is 0 Å². The Bertz CT molecular complexity index is 394. The lowest BCUT2D eigenvalue weighted by Crippen LogP contribution is -2.40. The molecule has 0 spiro atoms. The van der Waals surface area contributed by atoms with Gasteiger partial charge in [0.15, 0.2) is 0 Å². The second-order valence-electron chi connectivity index (χ2n) is 6.25. The number of carbonyl (C=O) groups is 2. The number of esters is 1. The predicted octanol–water partition coefficient (Wildman–Crippen LogP) is 0.540. The zero-order valence-corrected chi connectivity index (χ0v) is 11.5. The van der Waals surface area contributed by atoms with E-state index in [4.69, 9.17) is 4.74 Å². The Morgan fingerprint density at radius 2 is 2.16 bits per heavy atom. The first-order chi connectivity index (χ1) is 9.14. The smallest absolute Gasteiger partial charge is 0.313 e. The number of amides is 1. The van der Waals surface area contributed by atoms with Crippen molar-refractivity contribution in [1.82, 2.24) is 10.2 Å². The third-order valence-corrected chi connectivity index (χ3v) is 4.84. The number of rotatable bonds is 4. The van der Waals surface area contributed by atoms with Crippen LogP contribution in [0.3, 0.4) is 0 Å². The monoisotopic (exact) mass is 266 g/mol. The molecule has 106 valence electrons. The van der Waals surface area contributed by atoms with E-state index in [9.17, 15) is 9.59 Å². The van der Waals surface area contributed by atoms with Crippen molar-refractivity contribution >= 4 is 11.9 Å². The van der Waals surface area contributed by atoms with Crippen LogP contribution in [0.4, 0.5) is 0 Å². The number of methoxy groups -OCH3 is 1. The molecule has 2 unspecified atom stereocenters. The molecule has 19 heavy (non-hydrogen) atoms. The van der Waals surface area contributed by atoms with Crippen LogP contribution in [-0.2, 0) is 14.3 Å². The Labute approximate surface area is 113 Å². The van der Waals surface area contributed by atoms with Crippen molar-refractivity contribution in [3.8, 4) is 0 Å². The highest BCUT2D eigenvalue weighted by molar-refractivity contribution is 5.80. The number of nitrogens with one attached hydrogen (secondary N) is 1. The molecule has 0 aromatic heterocycles. The van der Waals surface area contributed by atoms with Gasteiger partial charge in [-0.15, -0.1) is 0 Å². The first kappa shape index (κ1) is 12.9. The number of ether oxygens (including phenoxy) is 1. The zero-order valence-electron chi connectivity index (χ0n) is 11.5. The molecule has 5 heteroatoms. The van der Waals surface area contributed by atoms with Gasteiger partial charge in [-0.1, -0.05) is 6.42 Å². The normalized spacial score (nSPS) is 34.1. The SMILES string of the molecule is COC(=O)C12CCCC1CN(CC(=O)NC1CC1)C2. The maximum atomic E-state index is 12.1. The Kier molecular flexibility index (Phi) is 3.25. The fourth-order valence-corrected chi connectivity index (χ4v) is 3.75. The molecule has 3 rings (SSSR count). The Hall–Kier alpha value is -1.10. The first-order valence-corrected chi connectivity index (χ1v) is 7.24. The van der Waals surface area contributed by atoms with E-state index in [2.05, 4.69) is 10.2 Å². The van der Waals surface area contributed by atoms with Crippen LogP contribution in [-0.4, -0.2) is 49.6 Å². The predicted molar refractivity (Wildman–Crippen MR) is 69.4 cm³/mol. The van der Waals surface area contributed by atoms with E-state index in [0.717, 1.165) is 38.6 Å². The number of likely N-dealkylation sites (tertiary alicyclic amines) is 1. The Morgan fingerprint density at radius 3 is 2.84 bits per heavy atom. The Morgan fingerprint density at radius 1 is 1.37 bits per heavy atom. The fraction of sp³-hybridized carbons (Fsp3) is 0.857. The van der Waals surface area contributed by atoms with Crippen LogP contribution in [0, 0.1) is 11.3 Å². The second kappa shape index (κ2) is 4.78. The van der Waals surface area contributed by atoms with E-state index in [1.54, 1.807) is 0 Å². The lowest BCUT2D eigenvalue weighted by molar-refractivity contribution is -0.153. The molecule has 2 aliphatic carbocycles. The molecular weight excluding hydrogens is 244 g/mol. The maximum absolute atomic E-state index is 12.1. The number of hydrogen-bond donors (Lipinski definition) is 1. The number of carbonyl (C=O) groups excluding carboxylic acids is 2. The molecule has 3 fully saturated rings. The minimum atomic E-state index is -0.339. The van der Waals surface area contributed by atoms with Gasteiger partial charge in [-0.05, 0) is 31.6 Å². The van der Waals surface area contributed by atoms with Gasteiger partial charge in [0.1, 0.15) is 0 Å². The third kappa shape index (κ3) is 2.36. The average molecular weight is 266 g/mol. The van der Waals surface area contributed by atoms with Crippen molar-refractivity contribution in [2.45, 2.75) is 38.1 Å². The van der Waals surface area contributed by atoms with Gasteiger partial charge in [0.2, 0.25) is 5.91 Å². The summed E-state index contributed by atoms with van der Waals surface area (Å²) in [5, 5.41) is 3.01. The van der Waals surface area contributed by atoms with Gasteiger partial charge in [-0.2, -0.15) is 0 Å². The number of nitrogens with zero attached hydrogens (tertiary/aromatic N) is 1. The van der Waals surface area contributed by atoms with Crippen LogP contribution in [0.15, 0.2) is 0 Å². The van der Waals surface area contributed by atoms with Crippen LogP contribution in [0.25, 0.3) is 0 Å². The maximum Gasteiger partial charge on any atom is 0.313 e. The minimum Gasteiger partial charge on any atom is -0.469 e. The summed E-state index contributed by atoms with van der Waals surface area (Å²) in [7, 11) is 1.47. The van der Waals surface area contributed by atoms with Crippen molar-refractivity contribution < 1.29 is 14.3 Å². The van der Waals surface area contributed by atoms with Gasteiger partial charge in [-0.3, -0.25) is 14.5 Å². The lowest BCUT2D eigenvalue weighted by Gasteiger charge is -2.25. The van der Waals surface area contributed by atoms with Crippen molar-refractivity contribution in [3.05, 3.63) is 0 Å². The summed E-state index contributed by atoms with van der Waals surface area (Å²) in [4.78, 5) is 26.1. The summed E-state index contributed by atoms with van der Waals surface area (Å²) >= 11 is 0. The summed E-state index contributed by atoms with van der Waals surface area (Å²) < 4.78 is 5.00. The van der Waals surface area contributed by atoms with Gasteiger partial charge in [-0.25, -0.2) is 0 Å². The molecular formula is C14H22N2O3. The van der Waals surface area contributed by atoms with Crippen molar-refractivity contribution in [3.63, 3.8) is 0 Å². The number of hydrogen-bond acceptors (Lipinski definition) is 4. The van der Waals surface area contributed by atoms with Crippen molar-refractivity contribution in [1.29, 1.82) is 0 Å². The topological polar surface area (TPSA) is 58.6 Å². The molecule has 2 saturated carbocycles. The summed E-state index contributed by atoms with van der Waals surface area (Å²) in [6.07, 6.45) is 5.31. The highest BCUT2D eigenvalue weighted by Gasteiger charge is 2.55. The highest BCUT2D eigenvalue weighted by atomic mass is 16.5. The van der Waals surface area contributed by atoms with E-state index in [0.29, 0.717) is 25.0 Å². The summed E-state index contributed by atoms with van der Waals surface area (Å²) in [5.74, 6) is 0.385. The first-order valence-electron chi connectivity index (χ1n) is 7.24. The van der Waals surface area contributed by atoms with E-state index < -0.39 is 0 Å². The van der Waals surface area contributed by atoms with Crippen molar-refractivity contribution in [2.75, 3.05) is 26.7 Å². The second-order valence-corrected chi connectivity index (χ2v) is 6.25. The van der Waals surface area contributed by atoms with Crippen molar-refractivity contribution in [2.24, 2.45) is 11.3 Å².